The SMILES string of the molecule is CC(=O)Nc1cccc(CNC(=O)C(C)NC(=O)c2ccc(Br)s2)c1. The van der Waals surface area contributed by atoms with E-state index in [-0.39, 0.29) is 17.7 Å². The van der Waals surface area contributed by atoms with E-state index in [4.69, 9.17) is 0 Å². The summed E-state index contributed by atoms with van der Waals surface area (Å²) in [4.78, 5) is 35.8. The van der Waals surface area contributed by atoms with Crippen LogP contribution in [0.25, 0.3) is 0 Å². The van der Waals surface area contributed by atoms with E-state index in [1.165, 1.54) is 18.3 Å². The highest BCUT2D eigenvalue weighted by atomic mass is 79.9. The third-order valence-corrected chi connectivity index (χ3v) is 4.87. The van der Waals surface area contributed by atoms with Crippen molar-refractivity contribution < 1.29 is 14.4 Å². The van der Waals surface area contributed by atoms with Crippen LogP contribution in [0.3, 0.4) is 0 Å². The molecule has 0 bridgehead atoms. The standard InChI is InChI=1S/C17H18BrN3O3S/c1-10(20-17(24)14-6-7-15(18)25-14)16(23)19-9-12-4-3-5-13(8-12)21-11(2)22/h3-8,10H,9H2,1-2H3,(H,19,23)(H,20,24)(H,21,22). The lowest BCUT2D eigenvalue weighted by Gasteiger charge is -2.14. The Labute approximate surface area is 158 Å². The number of carbonyl (C=O) groups excluding carboxylic acids is 3. The van der Waals surface area contributed by atoms with Gasteiger partial charge in [-0.15, -0.1) is 11.3 Å². The molecule has 3 N–H and O–H groups in total. The summed E-state index contributed by atoms with van der Waals surface area (Å²) in [5, 5.41) is 8.12. The van der Waals surface area contributed by atoms with Crippen molar-refractivity contribution in [1.29, 1.82) is 0 Å². The number of anilines is 1. The Balaban J connectivity index is 1.87. The van der Waals surface area contributed by atoms with Gasteiger partial charge >= 0.3 is 0 Å². The van der Waals surface area contributed by atoms with Crippen molar-refractivity contribution >= 4 is 50.7 Å². The first-order valence-corrected chi connectivity index (χ1v) is 9.16. The quantitative estimate of drug-likeness (QED) is 0.667. The van der Waals surface area contributed by atoms with Gasteiger partial charge in [0.25, 0.3) is 5.91 Å². The smallest absolute Gasteiger partial charge is 0.262 e. The molecule has 2 aromatic rings. The van der Waals surface area contributed by atoms with E-state index in [2.05, 4.69) is 31.9 Å². The zero-order valence-electron chi connectivity index (χ0n) is 13.8. The summed E-state index contributed by atoms with van der Waals surface area (Å²) in [6.45, 7) is 3.37. The molecule has 1 heterocycles. The Morgan fingerprint density at radius 3 is 2.60 bits per heavy atom. The van der Waals surface area contributed by atoms with Crippen LogP contribution in [0.1, 0.15) is 29.1 Å². The highest BCUT2D eigenvalue weighted by Crippen LogP contribution is 2.21. The van der Waals surface area contributed by atoms with Crippen LogP contribution in [0.4, 0.5) is 5.69 Å². The number of amides is 3. The number of nitrogens with one attached hydrogen (secondary N) is 3. The van der Waals surface area contributed by atoms with E-state index in [1.54, 1.807) is 37.3 Å². The molecule has 0 aliphatic rings. The van der Waals surface area contributed by atoms with Gasteiger partial charge in [0.05, 0.1) is 8.66 Å². The predicted molar refractivity (Wildman–Crippen MR) is 102 cm³/mol. The maximum atomic E-state index is 12.1. The van der Waals surface area contributed by atoms with Gasteiger partial charge in [-0.05, 0) is 52.7 Å². The molecule has 3 amide bonds. The van der Waals surface area contributed by atoms with E-state index in [1.807, 2.05) is 6.07 Å². The van der Waals surface area contributed by atoms with Crippen LogP contribution in [0, 0.1) is 0 Å². The molecule has 0 radical (unpaired) electrons. The first kappa shape index (κ1) is 19.1. The molecule has 1 aromatic carbocycles. The zero-order chi connectivity index (χ0) is 18.4. The van der Waals surface area contributed by atoms with Crippen molar-refractivity contribution in [2.45, 2.75) is 26.4 Å². The van der Waals surface area contributed by atoms with Gasteiger partial charge in [-0.3, -0.25) is 14.4 Å². The number of rotatable bonds is 6. The van der Waals surface area contributed by atoms with E-state index in [0.717, 1.165) is 9.35 Å². The Hall–Kier alpha value is -2.19. The lowest BCUT2D eigenvalue weighted by Crippen LogP contribution is -2.44. The molecule has 0 aliphatic heterocycles. The van der Waals surface area contributed by atoms with Crippen LogP contribution in [0.15, 0.2) is 40.2 Å². The van der Waals surface area contributed by atoms with Gasteiger partial charge in [-0.25, -0.2) is 0 Å². The Kier molecular flexibility index (Phi) is 6.72. The molecular formula is C17H18BrN3O3S. The summed E-state index contributed by atoms with van der Waals surface area (Å²) >= 11 is 4.60. The normalized spacial score (nSPS) is 11.5. The average molecular weight is 424 g/mol. The first-order valence-electron chi connectivity index (χ1n) is 7.55. The number of benzene rings is 1. The highest BCUT2D eigenvalue weighted by Gasteiger charge is 2.17. The second kappa shape index (κ2) is 8.77. The predicted octanol–water partition coefficient (Wildman–Crippen LogP) is 2.90. The molecule has 0 saturated heterocycles. The van der Waals surface area contributed by atoms with Crippen molar-refractivity contribution in [3.05, 3.63) is 50.6 Å². The second-order valence-electron chi connectivity index (χ2n) is 5.40. The van der Waals surface area contributed by atoms with Crippen molar-refractivity contribution in [3.8, 4) is 0 Å². The van der Waals surface area contributed by atoms with Crippen LogP contribution in [-0.2, 0) is 16.1 Å². The number of hydrogen-bond acceptors (Lipinski definition) is 4. The maximum Gasteiger partial charge on any atom is 0.262 e. The molecule has 1 aromatic heterocycles. The second-order valence-corrected chi connectivity index (χ2v) is 7.86. The summed E-state index contributed by atoms with van der Waals surface area (Å²) in [6, 6.07) is 10.0. The molecule has 1 atom stereocenters. The summed E-state index contributed by atoms with van der Waals surface area (Å²) in [7, 11) is 0. The minimum absolute atomic E-state index is 0.155. The van der Waals surface area contributed by atoms with Crippen LogP contribution >= 0.6 is 27.3 Å². The third-order valence-electron chi connectivity index (χ3n) is 3.25. The highest BCUT2D eigenvalue weighted by molar-refractivity contribution is 9.11. The Morgan fingerprint density at radius 2 is 1.96 bits per heavy atom. The summed E-state index contributed by atoms with van der Waals surface area (Å²) < 4.78 is 0.855. The number of halogens is 1. The van der Waals surface area contributed by atoms with Crippen LogP contribution in [0.2, 0.25) is 0 Å². The molecule has 0 aliphatic carbocycles. The molecule has 8 heteroatoms. The Bertz CT molecular complexity index is 791. The van der Waals surface area contributed by atoms with E-state index in [9.17, 15) is 14.4 Å². The molecule has 132 valence electrons. The van der Waals surface area contributed by atoms with E-state index in [0.29, 0.717) is 17.1 Å². The number of hydrogen-bond donors (Lipinski definition) is 3. The molecule has 0 saturated carbocycles. The summed E-state index contributed by atoms with van der Waals surface area (Å²) in [5.74, 6) is -0.724. The van der Waals surface area contributed by atoms with Gasteiger partial charge < -0.3 is 16.0 Å². The third kappa shape index (κ3) is 5.99. The topological polar surface area (TPSA) is 87.3 Å². The van der Waals surface area contributed by atoms with Crippen molar-refractivity contribution in [3.63, 3.8) is 0 Å². The Morgan fingerprint density at radius 1 is 1.20 bits per heavy atom. The van der Waals surface area contributed by atoms with Crippen LogP contribution < -0.4 is 16.0 Å². The molecular weight excluding hydrogens is 406 g/mol. The van der Waals surface area contributed by atoms with Gasteiger partial charge in [0.1, 0.15) is 6.04 Å². The lowest BCUT2D eigenvalue weighted by molar-refractivity contribution is -0.122. The molecule has 0 fully saturated rings. The van der Waals surface area contributed by atoms with Crippen molar-refractivity contribution in [2.75, 3.05) is 5.32 Å². The molecule has 0 spiro atoms. The van der Waals surface area contributed by atoms with Gasteiger partial charge in [0, 0.05) is 19.2 Å². The number of thiophene rings is 1. The first-order chi connectivity index (χ1) is 11.8. The van der Waals surface area contributed by atoms with Crippen molar-refractivity contribution in [2.24, 2.45) is 0 Å². The van der Waals surface area contributed by atoms with Gasteiger partial charge in [0.15, 0.2) is 0 Å². The monoisotopic (exact) mass is 423 g/mol. The van der Waals surface area contributed by atoms with Gasteiger partial charge in [-0.2, -0.15) is 0 Å². The van der Waals surface area contributed by atoms with Gasteiger partial charge in [-0.1, -0.05) is 12.1 Å². The number of carbonyl (C=O) groups is 3. The fraction of sp³-hybridized carbons (Fsp3) is 0.235. The van der Waals surface area contributed by atoms with Gasteiger partial charge in [0.2, 0.25) is 11.8 Å². The molecule has 2 rings (SSSR count). The molecule has 6 nitrogen and oxygen atoms in total. The van der Waals surface area contributed by atoms with E-state index >= 15 is 0 Å². The lowest BCUT2D eigenvalue weighted by atomic mass is 10.2. The minimum atomic E-state index is -0.660. The fourth-order valence-corrected chi connectivity index (χ4v) is 3.36. The maximum absolute atomic E-state index is 12.1. The average Bonchev–Trinajstić information content (AvgIpc) is 2.99. The molecule has 25 heavy (non-hydrogen) atoms. The van der Waals surface area contributed by atoms with E-state index < -0.39 is 6.04 Å². The summed E-state index contributed by atoms with van der Waals surface area (Å²) in [6.07, 6.45) is 0. The minimum Gasteiger partial charge on any atom is -0.350 e. The van der Waals surface area contributed by atoms with Crippen LogP contribution in [0.5, 0.6) is 0 Å². The fourth-order valence-electron chi connectivity index (χ4n) is 2.07. The largest absolute Gasteiger partial charge is 0.350 e. The summed E-state index contributed by atoms with van der Waals surface area (Å²) in [5.41, 5.74) is 1.52. The van der Waals surface area contributed by atoms with Crippen LogP contribution in [-0.4, -0.2) is 23.8 Å². The van der Waals surface area contributed by atoms with Crippen molar-refractivity contribution in [1.82, 2.24) is 10.6 Å². The molecule has 1 unspecified atom stereocenters. The zero-order valence-corrected chi connectivity index (χ0v) is 16.2.